The van der Waals surface area contributed by atoms with Crippen molar-refractivity contribution in [3.63, 3.8) is 0 Å². The van der Waals surface area contributed by atoms with Gasteiger partial charge in [0.05, 0.1) is 16.3 Å². The van der Waals surface area contributed by atoms with Gasteiger partial charge in [0.1, 0.15) is 17.5 Å². The quantitative estimate of drug-likeness (QED) is 0.629. The molecule has 1 aliphatic rings. The molecule has 0 atom stereocenters. The van der Waals surface area contributed by atoms with Crippen molar-refractivity contribution in [2.75, 3.05) is 0 Å². The molecule has 0 bridgehead atoms. The molecule has 8 heteroatoms. The highest BCUT2D eigenvalue weighted by molar-refractivity contribution is 9.10. The first-order chi connectivity index (χ1) is 12.9. The van der Waals surface area contributed by atoms with Gasteiger partial charge in [-0.25, -0.2) is 4.98 Å². The number of carboxylic acids is 1. The lowest BCUT2D eigenvalue weighted by Gasteiger charge is -2.32. The highest BCUT2D eigenvalue weighted by Gasteiger charge is 2.36. The number of fused-ring (bicyclic) bond motifs is 1. The molecule has 6 nitrogen and oxygen atoms in total. The lowest BCUT2D eigenvalue weighted by atomic mass is 9.82. The van der Waals surface area contributed by atoms with E-state index in [1.54, 1.807) is 30.5 Å². The predicted molar refractivity (Wildman–Crippen MR) is 103 cm³/mol. The van der Waals surface area contributed by atoms with Crippen LogP contribution in [0.5, 0.6) is 5.75 Å². The molecule has 2 aromatic heterocycles. The van der Waals surface area contributed by atoms with Gasteiger partial charge < -0.3 is 14.3 Å². The van der Waals surface area contributed by atoms with Crippen LogP contribution >= 0.6 is 27.5 Å². The smallest absolute Gasteiger partial charge is 0.306 e. The van der Waals surface area contributed by atoms with Crippen LogP contribution in [0.1, 0.15) is 12.8 Å². The maximum absolute atomic E-state index is 12.4. The second-order valence-electron chi connectivity index (χ2n) is 6.34. The molecule has 0 aliphatic heterocycles. The fourth-order valence-electron chi connectivity index (χ4n) is 3.00. The number of benzene rings is 1. The number of aliphatic carboxylic acids is 1. The zero-order valence-electron chi connectivity index (χ0n) is 13.8. The standard InChI is InChI=1S/C19H13BrClNO5/c20-10-6-15(26-11-4-9(5-11)19(24)25)17(22-8-10)16-7-14(23)12-2-1-3-13(21)18(12)27-16/h1-3,6-9,11H,4-5H2,(H,24,25). The molecule has 1 saturated carbocycles. The summed E-state index contributed by atoms with van der Waals surface area (Å²) in [6.45, 7) is 0. The summed E-state index contributed by atoms with van der Waals surface area (Å²) in [5.74, 6) is -0.571. The fourth-order valence-corrected chi connectivity index (χ4v) is 3.52. The van der Waals surface area contributed by atoms with E-state index in [9.17, 15) is 9.59 Å². The minimum Gasteiger partial charge on any atom is -0.488 e. The summed E-state index contributed by atoms with van der Waals surface area (Å²) in [4.78, 5) is 27.8. The Bertz CT molecular complexity index is 1110. The summed E-state index contributed by atoms with van der Waals surface area (Å²) >= 11 is 9.52. The van der Waals surface area contributed by atoms with Crippen LogP contribution in [0, 0.1) is 5.92 Å². The molecule has 1 fully saturated rings. The van der Waals surface area contributed by atoms with Gasteiger partial charge in [-0.3, -0.25) is 9.59 Å². The van der Waals surface area contributed by atoms with Crippen molar-refractivity contribution in [2.45, 2.75) is 18.9 Å². The molecule has 0 saturated heterocycles. The van der Waals surface area contributed by atoms with Gasteiger partial charge >= 0.3 is 5.97 Å². The zero-order chi connectivity index (χ0) is 19.1. The van der Waals surface area contributed by atoms with Gasteiger partial charge in [-0.2, -0.15) is 0 Å². The normalized spacial score (nSPS) is 18.9. The van der Waals surface area contributed by atoms with Crippen molar-refractivity contribution < 1.29 is 19.1 Å². The fraction of sp³-hybridized carbons (Fsp3) is 0.211. The summed E-state index contributed by atoms with van der Waals surface area (Å²) in [7, 11) is 0. The average Bonchev–Trinajstić information content (AvgIpc) is 2.58. The summed E-state index contributed by atoms with van der Waals surface area (Å²) in [6, 6.07) is 8.03. The minimum absolute atomic E-state index is 0.225. The van der Waals surface area contributed by atoms with Crippen LogP contribution in [0.4, 0.5) is 0 Å². The molecular formula is C19H13BrClNO5. The molecule has 0 spiro atoms. The maximum atomic E-state index is 12.4. The van der Waals surface area contributed by atoms with Crippen LogP contribution in [-0.4, -0.2) is 22.2 Å². The molecule has 2 heterocycles. The van der Waals surface area contributed by atoms with E-state index in [1.165, 1.54) is 6.07 Å². The topological polar surface area (TPSA) is 89.6 Å². The van der Waals surface area contributed by atoms with Crippen molar-refractivity contribution in [1.82, 2.24) is 4.98 Å². The Morgan fingerprint density at radius 1 is 1.33 bits per heavy atom. The molecule has 0 amide bonds. The van der Waals surface area contributed by atoms with Gasteiger partial charge in [-0.15, -0.1) is 0 Å². The number of para-hydroxylation sites is 1. The first-order valence-corrected chi connectivity index (χ1v) is 9.37. The molecule has 1 aromatic carbocycles. The first-order valence-electron chi connectivity index (χ1n) is 8.20. The predicted octanol–water partition coefficient (Wildman–Crippen LogP) is 4.51. The molecule has 1 aliphatic carbocycles. The van der Waals surface area contributed by atoms with E-state index < -0.39 is 11.9 Å². The number of nitrogens with zero attached hydrogens (tertiary/aromatic N) is 1. The van der Waals surface area contributed by atoms with E-state index in [0.29, 0.717) is 39.2 Å². The Kier molecular flexibility index (Phi) is 4.65. The van der Waals surface area contributed by atoms with Crippen molar-refractivity contribution >= 4 is 44.5 Å². The van der Waals surface area contributed by atoms with Crippen LogP contribution in [0.15, 0.2) is 50.2 Å². The Morgan fingerprint density at radius 3 is 2.85 bits per heavy atom. The van der Waals surface area contributed by atoms with Gasteiger partial charge in [0, 0.05) is 16.7 Å². The summed E-state index contributed by atoms with van der Waals surface area (Å²) in [6.07, 6.45) is 2.19. The third kappa shape index (κ3) is 3.44. The van der Waals surface area contributed by atoms with E-state index in [-0.39, 0.29) is 22.9 Å². The average molecular weight is 451 g/mol. The lowest BCUT2D eigenvalue weighted by Crippen LogP contribution is -2.38. The second-order valence-corrected chi connectivity index (χ2v) is 7.66. The summed E-state index contributed by atoms with van der Waals surface area (Å²) < 4.78 is 12.5. The molecule has 138 valence electrons. The summed E-state index contributed by atoms with van der Waals surface area (Å²) in [5.41, 5.74) is 0.404. The number of carboxylic acid groups (broad SMARTS) is 1. The van der Waals surface area contributed by atoms with Gasteiger partial charge in [0.2, 0.25) is 0 Å². The van der Waals surface area contributed by atoms with E-state index in [2.05, 4.69) is 20.9 Å². The minimum atomic E-state index is -0.822. The van der Waals surface area contributed by atoms with Crippen molar-refractivity contribution in [3.8, 4) is 17.2 Å². The van der Waals surface area contributed by atoms with Gasteiger partial charge in [-0.1, -0.05) is 17.7 Å². The largest absolute Gasteiger partial charge is 0.488 e. The van der Waals surface area contributed by atoms with Crippen molar-refractivity contribution in [1.29, 1.82) is 0 Å². The third-order valence-electron chi connectivity index (χ3n) is 4.50. The number of carbonyl (C=O) groups is 1. The Balaban J connectivity index is 1.74. The van der Waals surface area contributed by atoms with Gasteiger partial charge in [0.15, 0.2) is 16.8 Å². The number of aromatic nitrogens is 1. The Morgan fingerprint density at radius 2 is 2.11 bits per heavy atom. The highest BCUT2D eigenvalue weighted by atomic mass is 79.9. The molecular weight excluding hydrogens is 438 g/mol. The monoisotopic (exact) mass is 449 g/mol. The number of hydrogen-bond acceptors (Lipinski definition) is 5. The van der Waals surface area contributed by atoms with E-state index in [0.717, 1.165) is 0 Å². The van der Waals surface area contributed by atoms with E-state index in [4.69, 9.17) is 25.9 Å². The van der Waals surface area contributed by atoms with Crippen molar-refractivity contribution in [2.24, 2.45) is 5.92 Å². The van der Waals surface area contributed by atoms with Crippen LogP contribution < -0.4 is 10.2 Å². The molecule has 0 unspecified atom stereocenters. The number of pyridine rings is 1. The Labute approximate surface area is 166 Å². The molecule has 1 N–H and O–H groups in total. The number of rotatable bonds is 4. The molecule has 27 heavy (non-hydrogen) atoms. The highest BCUT2D eigenvalue weighted by Crippen LogP contribution is 2.37. The van der Waals surface area contributed by atoms with Gasteiger partial charge in [-0.05, 0) is 47.0 Å². The maximum Gasteiger partial charge on any atom is 0.306 e. The number of halogens is 2. The first kappa shape index (κ1) is 18.0. The van der Waals surface area contributed by atoms with Crippen LogP contribution in [0.2, 0.25) is 5.02 Å². The second kappa shape index (κ2) is 6.98. The van der Waals surface area contributed by atoms with E-state index >= 15 is 0 Å². The SMILES string of the molecule is O=C(O)C1CC(Oc2cc(Br)cnc2-c2cc(=O)c3cccc(Cl)c3o2)C1. The number of hydrogen-bond donors (Lipinski definition) is 1. The Hall–Kier alpha value is -2.38. The van der Waals surface area contributed by atoms with Crippen LogP contribution in [0.3, 0.4) is 0 Å². The zero-order valence-corrected chi connectivity index (χ0v) is 16.2. The molecule has 3 aromatic rings. The van der Waals surface area contributed by atoms with Crippen LogP contribution in [0.25, 0.3) is 22.4 Å². The number of ether oxygens (including phenoxy) is 1. The third-order valence-corrected chi connectivity index (χ3v) is 5.23. The van der Waals surface area contributed by atoms with Gasteiger partial charge in [0.25, 0.3) is 0 Å². The molecule has 4 rings (SSSR count). The van der Waals surface area contributed by atoms with Crippen LogP contribution in [-0.2, 0) is 4.79 Å². The molecule has 0 radical (unpaired) electrons. The summed E-state index contributed by atoms with van der Waals surface area (Å²) in [5, 5.41) is 9.72. The van der Waals surface area contributed by atoms with E-state index in [1.807, 2.05) is 0 Å². The van der Waals surface area contributed by atoms with Crippen molar-refractivity contribution in [3.05, 3.63) is 56.2 Å². The lowest BCUT2D eigenvalue weighted by molar-refractivity contribution is -0.147.